The summed E-state index contributed by atoms with van der Waals surface area (Å²) in [6.45, 7) is 2.07. The van der Waals surface area contributed by atoms with E-state index in [0.29, 0.717) is 38.6 Å². The third kappa shape index (κ3) is 17.4. The van der Waals surface area contributed by atoms with E-state index in [0.717, 1.165) is 50.5 Å². The van der Waals surface area contributed by atoms with Crippen LogP contribution < -0.4 is 5.32 Å². The number of Topliss-reactive ketones (excluding diaryl/α,β-unsaturated/α-hetero) is 1. The lowest BCUT2D eigenvalue weighted by molar-refractivity contribution is -0.144. The molecule has 0 aliphatic rings. The van der Waals surface area contributed by atoms with Crippen molar-refractivity contribution in [2.45, 2.75) is 110 Å². The van der Waals surface area contributed by atoms with Gasteiger partial charge in [-0.25, -0.2) is 0 Å². The molecule has 0 aromatic heterocycles. The molecule has 0 saturated carbocycles. The first-order valence-electron chi connectivity index (χ1n) is 14.6. The molecule has 9 heteroatoms. The molecule has 0 fully saturated rings. The van der Waals surface area contributed by atoms with Crippen LogP contribution in [-0.2, 0) is 36.8 Å². The summed E-state index contributed by atoms with van der Waals surface area (Å²) in [5, 5.41) is 29.8. The Hall–Kier alpha value is -3.23. The molecule has 2 atom stereocenters. The Bertz CT molecular complexity index is 928. The van der Waals surface area contributed by atoms with Gasteiger partial charge in [-0.1, -0.05) is 63.3 Å². The molecular formula is C31H47NO8. The topological polar surface area (TPSA) is 158 Å². The van der Waals surface area contributed by atoms with Crippen molar-refractivity contribution in [3.63, 3.8) is 0 Å². The second-order valence-corrected chi connectivity index (χ2v) is 10.7. The van der Waals surface area contributed by atoms with Crippen molar-refractivity contribution in [2.75, 3.05) is 6.54 Å². The van der Waals surface area contributed by atoms with Crippen LogP contribution in [0, 0.1) is 11.8 Å². The van der Waals surface area contributed by atoms with E-state index in [1.807, 2.05) is 12.1 Å². The number of amides is 1. The van der Waals surface area contributed by atoms with E-state index < -0.39 is 29.7 Å². The number of rotatable bonds is 24. The summed E-state index contributed by atoms with van der Waals surface area (Å²) < 4.78 is 0. The number of carboxylic acids is 3. The van der Waals surface area contributed by atoms with Crippen molar-refractivity contribution >= 4 is 29.6 Å². The number of unbranched alkanes of at least 4 members (excludes halogenated alkanes) is 6. The van der Waals surface area contributed by atoms with Crippen molar-refractivity contribution in [1.82, 2.24) is 5.32 Å². The standard InChI is InChI=1S/C31H47NO8/c1-23(30(37)38)10-8-9-21-32-28(34)19-18-26(31(39)40)22-27(33)12-7-5-3-2-4-6-11-24-13-15-25(16-14-24)17-20-29(35)36/h13-16,23,26H,2-12,17-22H2,1H3,(H,32,34)(H,35,36)(H,37,38)(H,39,40)/t23-,26+/m0/s1. The van der Waals surface area contributed by atoms with E-state index >= 15 is 0 Å². The van der Waals surface area contributed by atoms with Gasteiger partial charge in [0.05, 0.1) is 11.8 Å². The first kappa shape index (κ1) is 34.8. The van der Waals surface area contributed by atoms with E-state index in [-0.39, 0.29) is 37.4 Å². The van der Waals surface area contributed by atoms with Crippen LogP contribution in [0.25, 0.3) is 0 Å². The molecule has 0 bridgehead atoms. The fourth-order valence-electron chi connectivity index (χ4n) is 4.49. The van der Waals surface area contributed by atoms with Crippen LogP contribution in [0.2, 0.25) is 0 Å². The van der Waals surface area contributed by atoms with Gasteiger partial charge in [0.15, 0.2) is 0 Å². The Morgan fingerprint density at radius 3 is 1.88 bits per heavy atom. The van der Waals surface area contributed by atoms with Gasteiger partial charge in [-0.05, 0) is 56.1 Å². The minimum absolute atomic E-state index is 0.0463. The summed E-state index contributed by atoms with van der Waals surface area (Å²) in [6.07, 6.45) is 9.99. The molecule has 1 rings (SSSR count). The minimum atomic E-state index is -1.06. The highest BCUT2D eigenvalue weighted by Crippen LogP contribution is 2.17. The molecular weight excluding hydrogens is 514 g/mol. The van der Waals surface area contributed by atoms with Crippen molar-refractivity contribution < 1.29 is 39.3 Å². The van der Waals surface area contributed by atoms with Crippen molar-refractivity contribution in [3.05, 3.63) is 35.4 Å². The summed E-state index contributed by atoms with van der Waals surface area (Å²) >= 11 is 0. The van der Waals surface area contributed by atoms with Gasteiger partial charge in [0, 0.05) is 32.2 Å². The monoisotopic (exact) mass is 561 g/mol. The predicted octanol–water partition coefficient (Wildman–Crippen LogP) is 5.42. The lowest BCUT2D eigenvalue weighted by Crippen LogP contribution is -2.26. The highest BCUT2D eigenvalue weighted by atomic mass is 16.4. The average molecular weight is 562 g/mol. The fraction of sp³-hybridized carbons (Fsp3) is 0.645. The number of benzene rings is 1. The summed E-state index contributed by atoms with van der Waals surface area (Å²) in [6, 6.07) is 8.12. The number of carboxylic acid groups (broad SMARTS) is 3. The number of hydrogen-bond donors (Lipinski definition) is 4. The average Bonchev–Trinajstić information content (AvgIpc) is 2.91. The van der Waals surface area contributed by atoms with Gasteiger partial charge in [0.2, 0.25) is 5.91 Å². The highest BCUT2D eigenvalue weighted by molar-refractivity contribution is 5.84. The molecule has 4 N–H and O–H groups in total. The summed E-state index contributed by atoms with van der Waals surface area (Å²) in [7, 11) is 0. The van der Waals surface area contributed by atoms with E-state index in [2.05, 4.69) is 17.4 Å². The zero-order chi connectivity index (χ0) is 29.8. The van der Waals surface area contributed by atoms with Gasteiger partial charge < -0.3 is 20.6 Å². The van der Waals surface area contributed by atoms with E-state index in [9.17, 15) is 29.1 Å². The van der Waals surface area contributed by atoms with Crippen LogP contribution in [0.5, 0.6) is 0 Å². The Morgan fingerprint density at radius 1 is 0.675 bits per heavy atom. The van der Waals surface area contributed by atoms with Gasteiger partial charge in [-0.2, -0.15) is 0 Å². The summed E-state index contributed by atoms with van der Waals surface area (Å²) in [4.78, 5) is 57.3. The van der Waals surface area contributed by atoms with Crippen LogP contribution in [0.15, 0.2) is 24.3 Å². The zero-order valence-corrected chi connectivity index (χ0v) is 23.9. The second kappa shape index (κ2) is 20.6. The number of hydrogen-bond acceptors (Lipinski definition) is 5. The smallest absolute Gasteiger partial charge is 0.306 e. The number of carbonyl (C=O) groups is 5. The van der Waals surface area contributed by atoms with Crippen LogP contribution in [0.1, 0.15) is 108 Å². The predicted molar refractivity (Wildman–Crippen MR) is 152 cm³/mol. The van der Waals surface area contributed by atoms with Gasteiger partial charge in [0.1, 0.15) is 5.78 Å². The number of ketones is 1. The number of nitrogens with one attached hydrogen (secondary N) is 1. The quantitative estimate of drug-likeness (QED) is 0.122. The molecule has 40 heavy (non-hydrogen) atoms. The Balaban J connectivity index is 2.11. The Labute approximate surface area is 237 Å². The third-order valence-corrected chi connectivity index (χ3v) is 7.17. The maximum Gasteiger partial charge on any atom is 0.306 e. The van der Waals surface area contributed by atoms with Gasteiger partial charge in [-0.3, -0.25) is 24.0 Å². The van der Waals surface area contributed by atoms with Gasteiger partial charge in [-0.15, -0.1) is 0 Å². The van der Waals surface area contributed by atoms with E-state index in [1.54, 1.807) is 6.92 Å². The first-order chi connectivity index (χ1) is 19.1. The zero-order valence-electron chi connectivity index (χ0n) is 23.9. The van der Waals surface area contributed by atoms with Crippen LogP contribution in [-0.4, -0.2) is 51.5 Å². The molecule has 0 saturated heterocycles. The van der Waals surface area contributed by atoms with E-state index in [1.165, 1.54) is 5.56 Å². The second-order valence-electron chi connectivity index (χ2n) is 10.7. The summed E-state index contributed by atoms with van der Waals surface area (Å²) in [5.74, 6) is -4.28. The molecule has 1 aromatic rings. The Kier molecular flexibility index (Phi) is 18.0. The van der Waals surface area contributed by atoms with Gasteiger partial charge in [0.25, 0.3) is 0 Å². The minimum Gasteiger partial charge on any atom is -0.481 e. The van der Waals surface area contributed by atoms with Crippen molar-refractivity contribution in [3.8, 4) is 0 Å². The maximum atomic E-state index is 12.3. The lowest BCUT2D eigenvalue weighted by Gasteiger charge is -2.12. The molecule has 224 valence electrons. The molecule has 0 aliphatic carbocycles. The first-order valence-corrected chi connectivity index (χ1v) is 14.6. The lowest BCUT2D eigenvalue weighted by atomic mass is 9.94. The summed E-state index contributed by atoms with van der Waals surface area (Å²) in [5.41, 5.74) is 2.28. The van der Waals surface area contributed by atoms with Gasteiger partial charge >= 0.3 is 17.9 Å². The Morgan fingerprint density at radius 2 is 1.27 bits per heavy atom. The molecule has 1 amide bonds. The molecule has 0 spiro atoms. The largest absolute Gasteiger partial charge is 0.481 e. The van der Waals surface area contributed by atoms with Crippen LogP contribution in [0.3, 0.4) is 0 Å². The highest BCUT2D eigenvalue weighted by Gasteiger charge is 2.22. The molecule has 0 radical (unpaired) electrons. The van der Waals surface area contributed by atoms with E-state index in [4.69, 9.17) is 10.2 Å². The molecule has 9 nitrogen and oxygen atoms in total. The number of aliphatic carboxylic acids is 3. The van der Waals surface area contributed by atoms with Crippen LogP contribution >= 0.6 is 0 Å². The van der Waals surface area contributed by atoms with Crippen molar-refractivity contribution in [1.29, 1.82) is 0 Å². The third-order valence-electron chi connectivity index (χ3n) is 7.17. The molecule has 1 aromatic carbocycles. The maximum absolute atomic E-state index is 12.3. The SMILES string of the molecule is C[C@@H](CCCCNC(=O)CC[C@H](CC(=O)CCCCCCCCc1ccc(CCC(=O)O)cc1)C(=O)O)C(=O)O. The number of aryl methyl sites for hydroxylation is 2. The molecule has 0 heterocycles. The van der Waals surface area contributed by atoms with Crippen LogP contribution in [0.4, 0.5) is 0 Å². The fourth-order valence-corrected chi connectivity index (χ4v) is 4.49. The number of carbonyl (C=O) groups excluding carboxylic acids is 2. The molecule has 0 unspecified atom stereocenters. The normalized spacial score (nSPS) is 12.4. The van der Waals surface area contributed by atoms with Crippen molar-refractivity contribution in [2.24, 2.45) is 11.8 Å². The molecule has 0 aliphatic heterocycles.